The smallest absolute Gasteiger partial charge is 0.198 e. The van der Waals surface area contributed by atoms with Crippen LogP contribution in [0.5, 0.6) is 0 Å². The Bertz CT molecular complexity index is 429. The number of anilines is 1. The number of nitrogens with two attached hydrogens (primary N) is 1. The van der Waals surface area contributed by atoms with Gasteiger partial charge in [-0.05, 0) is 17.5 Å². The van der Waals surface area contributed by atoms with Crippen LogP contribution in [0.15, 0.2) is 18.2 Å². The molecule has 0 spiro atoms. The second kappa shape index (κ2) is 2.76. The number of imidazole rings is 1. The largest absolute Gasteiger partial charge is 0.369 e. The Hall–Kier alpha value is -1.51. The third-order valence-electron chi connectivity index (χ3n) is 2.19. The van der Waals surface area contributed by atoms with E-state index in [2.05, 4.69) is 29.9 Å². The van der Waals surface area contributed by atoms with E-state index in [4.69, 9.17) is 5.73 Å². The topological polar surface area (TPSA) is 54.7 Å². The molecule has 1 aromatic carbocycles. The molecule has 1 heterocycles. The maximum Gasteiger partial charge on any atom is 0.198 e. The van der Waals surface area contributed by atoms with Crippen molar-refractivity contribution in [3.63, 3.8) is 0 Å². The number of fused-ring (bicyclic) bond motifs is 1. The number of nitrogens with one attached hydrogen (secondary N) is 1. The fourth-order valence-electron chi connectivity index (χ4n) is 1.55. The van der Waals surface area contributed by atoms with Gasteiger partial charge in [-0.3, -0.25) is 0 Å². The molecule has 0 aliphatic heterocycles. The van der Waals surface area contributed by atoms with Gasteiger partial charge in [-0.15, -0.1) is 0 Å². The van der Waals surface area contributed by atoms with Crippen LogP contribution < -0.4 is 5.73 Å². The summed E-state index contributed by atoms with van der Waals surface area (Å²) in [5.74, 6) is 0.978. The molecule has 0 saturated heterocycles. The van der Waals surface area contributed by atoms with Gasteiger partial charge >= 0.3 is 0 Å². The van der Waals surface area contributed by atoms with Crippen LogP contribution in [0.25, 0.3) is 11.0 Å². The average molecular weight is 175 g/mol. The summed E-state index contributed by atoms with van der Waals surface area (Å²) < 4.78 is 0. The lowest BCUT2D eigenvalue weighted by atomic mass is 10.0. The third kappa shape index (κ3) is 1.26. The molecule has 0 radical (unpaired) electrons. The van der Waals surface area contributed by atoms with Gasteiger partial charge in [-0.2, -0.15) is 0 Å². The molecule has 0 aliphatic rings. The van der Waals surface area contributed by atoms with Gasteiger partial charge in [0, 0.05) is 0 Å². The van der Waals surface area contributed by atoms with E-state index in [-0.39, 0.29) is 0 Å². The first-order chi connectivity index (χ1) is 6.18. The molecule has 0 unspecified atom stereocenters. The van der Waals surface area contributed by atoms with Crippen molar-refractivity contribution in [3.8, 4) is 0 Å². The molecule has 68 valence electrons. The normalized spacial score (nSPS) is 11.3. The number of hydrogen-bond acceptors (Lipinski definition) is 2. The van der Waals surface area contributed by atoms with Gasteiger partial charge in [0.15, 0.2) is 5.95 Å². The number of nitrogens with zero attached hydrogens (tertiary/aromatic N) is 1. The zero-order valence-electron chi connectivity index (χ0n) is 7.83. The number of benzene rings is 1. The second-order valence-electron chi connectivity index (χ2n) is 3.52. The highest BCUT2D eigenvalue weighted by Crippen LogP contribution is 2.23. The van der Waals surface area contributed by atoms with Crippen LogP contribution in [0.3, 0.4) is 0 Å². The van der Waals surface area contributed by atoms with E-state index in [0.717, 1.165) is 11.0 Å². The number of hydrogen-bond donors (Lipinski definition) is 2. The molecule has 0 aliphatic carbocycles. The van der Waals surface area contributed by atoms with Crippen molar-refractivity contribution in [1.29, 1.82) is 0 Å². The van der Waals surface area contributed by atoms with Gasteiger partial charge in [-0.1, -0.05) is 26.0 Å². The molecule has 1 aromatic heterocycles. The minimum absolute atomic E-state index is 0.489. The molecule has 0 amide bonds. The zero-order valence-corrected chi connectivity index (χ0v) is 7.83. The van der Waals surface area contributed by atoms with Crippen molar-refractivity contribution in [3.05, 3.63) is 23.8 Å². The molecule has 0 fully saturated rings. The van der Waals surface area contributed by atoms with Crippen molar-refractivity contribution in [2.45, 2.75) is 19.8 Å². The van der Waals surface area contributed by atoms with Crippen LogP contribution in [0, 0.1) is 0 Å². The van der Waals surface area contributed by atoms with Crippen molar-refractivity contribution >= 4 is 17.0 Å². The van der Waals surface area contributed by atoms with Gasteiger partial charge in [-0.25, -0.2) is 4.98 Å². The molecule has 0 atom stereocenters. The van der Waals surface area contributed by atoms with E-state index in [1.807, 2.05) is 12.1 Å². The standard InChI is InChI=1S/C10H13N3/c1-6(2)7-4-3-5-8-9(7)13-10(11)12-8/h3-6H,1-2H3,(H3,11,12,13). The van der Waals surface area contributed by atoms with Crippen molar-refractivity contribution in [2.24, 2.45) is 0 Å². The first-order valence-electron chi connectivity index (χ1n) is 4.42. The van der Waals surface area contributed by atoms with Crippen LogP contribution in [0.2, 0.25) is 0 Å². The number of rotatable bonds is 1. The van der Waals surface area contributed by atoms with Crippen molar-refractivity contribution < 1.29 is 0 Å². The summed E-state index contributed by atoms with van der Waals surface area (Å²) in [6.45, 7) is 4.32. The molecule has 2 rings (SSSR count). The van der Waals surface area contributed by atoms with E-state index in [1.54, 1.807) is 0 Å². The highest BCUT2D eigenvalue weighted by Gasteiger charge is 2.07. The summed E-state index contributed by atoms with van der Waals surface area (Å²) >= 11 is 0. The zero-order chi connectivity index (χ0) is 9.42. The van der Waals surface area contributed by atoms with Gasteiger partial charge < -0.3 is 10.7 Å². The Morgan fingerprint density at radius 2 is 2.15 bits per heavy atom. The maximum atomic E-state index is 5.59. The highest BCUT2D eigenvalue weighted by atomic mass is 15.0. The first kappa shape index (κ1) is 8.10. The fraction of sp³-hybridized carbons (Fsp3) is 0.300. The summed E-state index contributed by atoms with van der Waals surface area (Å²) in [6.07, 6.45) is 0. The SMILES string of the molecule is CC(C)c1cccc2nc(N)[nH]c12. The van der Waals surface area contributed by atoms with Gasteiger partial charge in [0.2, 0.25) is 0 Å². The quantitative estimate of drug-likeness (QED) is 0.698. The molecular weight excluding hydrogens is 162 g/mol. The number of nitrogen functional groups attached to an aromatic ring is 1. The van der Waals surface area contributed by atoms with Crippen molar-refractivity contribution in [2.75, 3.05) is 5.73 Å². The number of H-pyrrole nitrogens is 1. The molecule has 0 saturated carbocycles. The lowest BCUT2D eigenvalue weighted by molar-refractivity contribution is 0.874. The Morgan fingerprint density at radius 3 is 2.85 bits per heavy atom. The summed E-state index contributed by atoms with van der Waals surface area (Å²) in [7, 11) is 0. The summed E-state index contributed by atoms with van der Waals surface area (Å²) in [5.41, 5.74) is 8.87. The Labute approximate surface area is 77.0 Å². The minimum atomic E-state index is 0.489. The Kier molecular flexibility index (Phi) is 1.72. The van der Waals surface area contributed by atoms with E-state index < -0.39 is 0 Å². The maximum absolute atomic E-state index is 5.59. The Balaban J connectivity index is 2.75. The summed E-state index contributed by atoms with van der Waals surface area (Å²) in [6, 6.07) is 6.08. The molecule has 2 aromatic rings. The van der Waals surface area contributed by atoms with Crippen LogP contribution in [0.1, 0.15) is 25.3 Å². The minimum Gasteiger partial charge on any atom is -0.369 e. The van der Waals surface area contributed by atoms with E-state index in [0.29, 0.717) is 11.9 Å². The lowest BCUT2D eigenvalue weighted by Gasteiger charge is -2.04. The van der Waals surface area contributed by atoms with Crippen LogP contribution in [-0.2, 0) is 0 Å². The second-order valence-corrected chi connectivity index (χ2v) is 3.52. The molecule has 3 nitrogen and oxygen atoms in total. The highest BCUT2D eigenvalue weighted by molar-refractivity contribution is 5.81. The fourth-order valence-corrected chi connectivity index (χ4v) is 1.55. The van der Waals surface area contributed by atoms with Crippen LogP contribution in [0.4, 0.5) is 5.95 Å². The first-order valence-corrected chi connectivity index (χ1v) is 4.42. The molecule has 0 bridgehead atoms. The van der Waals surface area contributed by atoms with E-state index in [9.17, 15) is 0 Å². The van der Waals surface area contributed by atoms with E-state index >= 15 is 0 Å². The van der Waals surface area contributed by atoms with Crippen molar-refractivity contribution in [1.82, 2.24) is 9.97 Å². The predicted molar refractivity (Wildman–Crippen MR) is 54.6 cm³/mol. The number of para-hydroxylation sites is 1. The van der Waals surface area contributed by atoms with E-state index in [1.165, 1.54) is 5.56 Å². The summed E-state index contributed by atoms with van der Waals surface area (Å²) in [4.78, 5) is 7.25. The lowest BCUT2D eigenvalue weighted by Crippen LogP contribution is -1.89. The molecular formula is C10H13N3. The Morgan fingerprint density at radius 1 is 1.38 bits per heavy atom. The molecule has 13 heavy (non-hydrogen) atoms. The third-order valence-corrected chi connectivity index (χ3v) is 2.19. The number of aromatic nitrogens is 2. The van der Waals surface area contributed by atoms with Crippen LogP contribution in [-0.4, -0.2) is 9.97 Å². The predicted octanol–water partition coefficient (Wildman–Crippen LogP) is 2.27. The van der Waals surface area contributed by atoms with Gasteiger partial charge in [0.05, 0.1) is 11.0 Å². The number of aromatic amines is 1. The van der Waals surface area contributed by atoms with Gasteiger partial charge in [0.25, 0.3) is 0 Å². The molecule has 3 N–H and O–H groups in total. The summed E-state index contributed by atoms with van der Waals surface area (Å²) in [5, 5.41) is 0. The van der Waals surface area contributed by atoms with Gasteiger partial charge in [0.1, 0.15) is 0 Å². The average Bonchev–Trinajstić information content (AvgIpc) is 2.43. The van der Waals surface area contributed by atoms with Crippen LogP contribution >= 0.6 is 0 Å². The monoisotopic (exact) mass is 175 g/mol. The molecule has 3 heteroatoms.